The Labute approximate surface area is 179 Å². The van der Waals surface area contributed by atoms with Gasteiger partial charge in [0.05, 0.1) is 5.69 Å². The van der Waals surface area contributed by atoms with Gasteiger partial charge >= 0.3 is 0 Å². The average Bonchev–Trinajstić information content (AvgIpc) is 2.72. The van der Waals surface area contributed by atoms with Crippen LogP contribution in [0.5, 0.6) is 0 Å². The summed E-state index contributed by atoms with van der Waals surface area (Å²) in [6.45, 7) is 13.4. The highest BCUT2D eigenvalue weighted by Gasteiger charge is 2.28. The summed E-state index contributed by atoms with van der Waals surface area (Å²) in [5.74, 6) is 0.569. The van der Waals surface area contributed by atoms with E-state index in [1.807, 2.05) is 18.2 Å². The van der Waals surface area contributed by atoms with Gasteiger partial charge < -0.3 is 4.74 Å². The standard InChI is InChI=1S/C27H30N2O/c1-26(2,3)19-12-10-18(11-13-19)24-21-15-14-20(27(4,5)6)17-23(21)29-25(30-24)22-9-7-8-16-28-22/h7-17,24H,1-6H3. The topological polar surface area (TPSA) is 34.5 Å². The molecule has 0 amide bonds. The highest BCUT2D eigenvalue weighted by atomic mass is 16.5. The number of ether oxygens (including phenoxy) is 1. The van der Waals surface area contributed by atoms with Crippen LogP contribution in [0.4, 0.5) is 5.69 Å². The van der Waals surface area contributed by atoms with Crippen LogP contribution in [0.15, 0.2) is 71.9 Å². The fourth-order valence-corrected chi connectivity index (χ4v) is 3.65. The van der Waals surface area contributed by atoms with Gasteiger partial charge in [-0.2, -0.15) is 0 Å². The van der Waals surface area contributed by atoms with Crippen molar-refractivity contribution in [1.29, 1.82) is 0 Å². The first-order chi connectivity index (χ1) is 14.1. The van der Waals surface area contributed by atoms with Gasteiger partial charge in [-0.15, -0.1) is 0 Å². The van der Waals surface area contributed by atoms with Crippen molar-refractivity contribution in [3.63, 3.8) is 0 Å². The summed E-state index contributed by atoms with van der Waals surface area (Å²) < 4.78 is 6.42. The Balaban J connectivity index is 1.82. The van der Waals surface area contributed by atoms with Crippen LogP contribution >= 0.6 is 0 Å². The molecule has 1 aliphatic rings. The molecule has 3 nitrogen and oxygen atoms in total. The molecule has 2 aromatic carbocycles. The van der Waals surface area contributed by atoms with Gasteiger partial charge in [-0.05, 0) is 45.7 Å². The van der Waals surface area contributed by atoms with E-state index in [0.29, 0.717) is 5.90 Å². The fraction of sp³-hybridized carbons (Fsp3) is 0.333. The summed E-state index contributed by atoms with van der Waals surface area (Å²) in [6.07, 6.45) is 1.56. The largest absolute Gasteiger partial charge is 0.463 e. The zero-order valence-corrected chi connectivity index (χ0v) is 18.7. The lowest BCUT2D eigenvalue weighted by Gasteiger charge is -2.29. The highest BCUT2D eigenvalue weighted by molar-refractivity contribution is 5.95. The van der Waals surface area contributed by atoms with Gasteiger partial charge in [0.25, 0.3) is 0 Å². The van der Waals surface area contributed by atoms with Crippen LogP contribution in [0.3, 0.4) is 0 Å². The maximum atomic E-state index is 6.42. The maximum absolute atomic E-state index is 6.42. The van der Waals surface area contributed by atoms with Crippen LogP contribution in [-0.4, -0.2) is 10.9 Å². The molecule has 1 unspecified atom stereocenters. The summed E-state index contributed by atoms with van der Waals surface area (Å²) in [7, 11) is 0. The van der Waals surface area contributed by atoms with Crippen LogP contribution in [-0.2, 0) is 15.6 Å². The summed E-state index contributed by atoms with van der Waals surface area (Å²) in [6, 6.07) is 21.1. The Morgan fingerprint density at radius 1 is 0.767 bits per heavy atom. The van der Waals surface area contributed by atoms with E-state index in [-0.39, 0.29) is 16.9 Å². The van der Waals surface area contributed by atoms with Crippen molar-refractivity contribution in [2.45, 2.75) is 58.5 Å². The molecule has 1 aliphatic heterocycles. The molecular formula is C27H30N2O. The molecule has 0 saturated heterocycles. The predicted molar refractivity (Wildman–Crippen MR) is 124 cm³/mol. The Morgan fingerprint density at radius 3 is 2.03 bits per heavy atom. The average molecular weight is 399 g/mol. The predicted octanol–water partition coefficient (Wildman–Crippen LogP) is 6.87. The number of hydrogen-bond acceptors (Lipinski definition) is 3. The first-order valence-electron chi connectivity index (χ1n) is 10.5. The third-order valence-electron chi connectivity index (χ3n) is 5.59. The number of pyridine rings is 1. The van der Waals surface area contributed by atoms with Crippen molar-refractivity contribution >= 4 is 11.6 Å². The molecule has 0 radical (unpaired) electrons. The normalized spacial score (nSPS) is 16.5. The van der Waals surface area contributed by atoms with E-state index in [1.165, 1.54) is 11.1 Å². The van der Waals surface area contributed by atoms with Gasteiger partial charge in [-0.25, -0.2) is 4.99 Å². The van der Waals surface area contributed by atoms with E-state index in [0.717, 1.165) is 22.5 Å². The minimum Gasteiger partial charge on any atom is -0.463 e. The van der Waals surface area contributed by atoms with Crippen LogP contribution in [0.25, 0.3) is 0 Å². The molecule has 0 fully saturated rings. The van der Waals surface area contributed by atoms with Crippen molar-refractivity contribution < 1.29 is 4.74 Å². The van der Waals surface area contributed by atoms with Gasteiger partial charge in [-0.1, -0.05) is 84.0 Å². The number of rotatable bonds is 2. The third-order valence-corrected chi connectivity index (χ3v) is 5.59. The lowest BCUT2D eigenvalue weighted by Crippen LogP contribution is -2.20. The van der Waals surface area contributed by atoms with Crippen molar-refractivity contribution in [1.82, 2.24) is 4.98 Å². The van der Waals surface area contributed by atoms with Gasteiger partial charge in [-0.3, -0.25) is 4.98 Å². The minimum absolute atomic E-state index is 0.0534. The molecule has 30 heavy (non-hydrogen) atoms. The number of aliphatic imine (C=N–C) groups is 1. The summed E-state index contributed by atoms with van der Waals surface area (Å²) >= 11 is 0. The van der Waals surface area contributed by atoms with Crippen LogP contribution in [0, 0.1) is 0 Å². The number of benzene rings is 2. The molecule has 1 atom stereocenters. The first-order valence-corrected chi connectivity index (χ1v) is 10.5. The summed E-state index contributed by atoms with van der Waals surface area (Å²) in [5.41, 5.74) is 6.66. The fourth-order valence-electron chi connectivity index (χ4n) is 3.65. The van der Waals surface area contributed by atoms with E-state index in [9.17, 15) is 0 Å². The van der Waals surface area contributed by atoms with Crippen LogP contribution in [0.2, 0.25) is 0 Å². The lowest BCUT2D eigenvalue weighted by molar-refractivity contribution is 0.228. The zero-order chi connectivity index (χ0) is 21.5. The minimum atomic E-state index is -0.211. The van der Waals surface area contributed by atoms with E-state index in [4.69, 9.17) is 9.73 Å². The van der Waals surface area contributed by atoms with E-state index in [2.05, 4.69) is 89.0 Å². The highest BCUT2D eigenvalue weighted by Crippen LogP contribution is 2.40. The Morgan fingerprint density at radius 2 is 1.43 bits per heavy atom. The number of hydrogen-bond donors (Lipinski definition) is 0. The third kappa shape index (κ3) is 4.02. The molecule has 3 heteroatoms. The molecular weight excluding hydrogens is 368 g/mol. The van der Waals surface area contributed by atoms with E-state index in [1.54, 1.807) is 6.20 Å². The molecule has 0 spiro atoms. The lowest BCUT2D eigenvalue weighted by atomic mass is 9.84. The second-order valence-electron chi connectivity index (χ2n) is 10.0. The Kier molecular flexibility index (Phi) is 5.01. The van der Waals surface area contributed by atoms with Crippen LogP contribution < -0.4 is 0 Å². The summed E-state index contributed by atoms with van der Waals surface area (Å²) in [4.78, 5) is 9.32. The Hall–Kier alpha value is -2.94. The van der Waals surface area contributed by atoms with Gasteiger partial charge in [0.1, 0.15) is 5.69 Å². The van der Waals surface area contributed by atoms with Crippen molar-refractivity contribution in [3.05, 3.63) is 94.8 Å². The Bertz CT molecular complexity index is 1070. The quantitative estimate of drug-likeness (QED) is 0.472. The summed E-state index contributed by atoms with van der Waals surface area (Å²) in [5, 5.41) is 0. The van der Waals surface area contributed by atoms with Crippen LogP contribution in [0.1, 0.15) is 75.6 Å². The van der Waals surface area contributed by atoms with Gasteiger partial charge in [0.15, 0.2) is 6.10 Å². The molecule has 3 aromatic rings. The number of nitrogens with zero attached hydrogens (tertiary/aromatic N) is 2. The van der Waals surface area contributed by atoms with Crippen molar-refractivity contribution in [2.24, 2.45) is 4.99 Å². The van der Waals surface area contributed by atoms with Gasteiger partial charge in [0.2, 0.25) is 5.90 Å². The van der Waals surface area contributed by atoms with E-state index < -0.39 is 0 Å². The first kappa shape index (κ1) is 20.3. The molecule has 0 N–H and O–H groups in total. The van der Waals surface area contributed by atoms with Gasteiger partial charge in [0, 0.05) is 11.8 Å². The maximum Gasteiger partial charge on any atom is 0.241 e. The SMILES string of the molecule is CC(C)(C)c1ccc(C2OC(c3ccccn3)=Nc3cc(C(C)(C)C)ccc32)cc1. The molecule has 0 bridgehead atoms. The zero-order valence-electron chi connectivity index (χ0n) is 18.7. The van der Waals surface area contributed by atoms with Crippen molar-refractivity contribution in [2.75, 3.05) is 0 Å². The molecule has 2 heterocycles. The number of fused-ring (bicyclic) bond motifs is 1. The second kappa shape index (κ2) is 7.39. The molecule has 0 aliphatic carbocycles. The molecule has 1 aromatic heterocycles. The second-order valence-corrected chi connectivity index (χ2v) is 10.0. The van der Waals surface area contributed by atoms with E-state index >= 15 is 0 Å². The monoisotopic (exact) mass is 398 g/mol. The van der Waals surface area contributed by atoms with Crippen molar-refractivity contribution in [3.8, 4) is 0 Å². The molecule has 4 rings (SSSR count). The molecule has 0 saturated carbocycles. The smallest absolute Gasteiger partial charge is 0.241 e. The number of aromatic nitrogens is 1. The molecule has 154 valence electrons.